The van der Waals surface area contributed by atoms with Crippen molar-refractivity contribution in [2.45, 2.75) is 33.6 Å². The number of allylic oxidation sites excluding steroid dienone is 2. The van der Waals surface area contributed by atoms with Crippen molar-refractivity contribution in [3.05, 3.63) is 12.2 Å². The van der Waals surface area contributed by atoms with Gasteiger partial charge in [0.05, 0.1) is 0 Å². The summed E-state index contributed by atoms with van der Waals surface area (Å²) < 4.78 is 0. The SMILES string of the molecule is CC(C)C=CCC1CC1C. The fourth-order valence-corrected chi connectivity index (χ4v) is 1.25. The normalized spacial score (nSPS) is 32.0. The average Bonchev–Trinajstić information content (AvgIpc) is 2.46. The molecule has 0 bridgehead atoms. The molecule has 0 spiro atoms. The average molecular weight is 138 g/mol. The van der Waals surface area contributed by atoms with Crippen molar-refractivity contribution in [2.75, 3.05) is 0 Å². The molecule has 10 heavy (non-hydrogen) atoms. The molecule has 0 aromatic rings. The predicted molar refractivity (Wildman–Crippen MR) is 45.9 cm³/mol. The minimum Gasteiger partial charge on any atom is -0.0880 e. The van der Waals surface area contributed by atoms with Gasteiger partial charge in [0, 0.05) is 0 Å². The number of hydrogen-bond acceptors (Lipinski definition) is 0. The molecule has 0 aromatic heterocycles. The summed E-state index contributed by atoms with van der Waals surface area (Å²) in [6.07, 6.45) is 7.44. The molecule has 0 heteroatoms. The van der Waals surface area contributed by atoms with Crippen LogP contribution in [0.4, 0.5) is 0 Å². The van der Waals surface area contributed by atoms with E-state index in [9.17, 15) is 0 Å². The van der Waals surface area contributed by atoms with E-state index in [4.69, 9.17) is 0 Å². The zero-order valence-corrected chi connectivity index (χ0v) is 7.30. The van der Waals surface area contributed by atoms with Gasteiger partial charge in [-0.3, -0.25) is 0 Å². The summed E-state index contributed by atoms with van der Waals surface area (Å²) in [7, 11) is 0. The Morgan fingerprint density at radius 2 is 2.10 bits per heavy atom. The Balaban J connectivity index is 2.05. The summed E-state index contributed by atoms with van der Waals surface area (Å²) in [6.45, 7) is 6.80. The molecule has 1 aliphatic carbocycles. The molecule has 0 amide bonds. The largest absolute Gasteiger partial charge is 0.0880 e. The molecular formula is C10H18. The van der Waals surface area contributed by atoms with Gasteiger partial charge in [-0.1, -0.05) is 32.9 Å². The summed E-state index contributed by atoms with van der Waals surface area (Å²) in [6, 6.07) is 0. The van der Waals surface area contributed by atoms with E-state index in [1.165, 1.54) is 12.8 Å². The molecule has 0 aliphatic heterocycles. The fourth-order valence-electron chi connectivity index (χ4n) is 1.25. The van der Waals surface area contributed by atoms with Gasteiger partial charge in [0.25, 0.3) is 0 Å². The van der Waals surface area contributed by atoms with E-state index in [-0.39, 0.29) is 0 Å². The van der Waals surface area contributed by atoms with E-state index in [0.29, 0.717) is 0 Å². The minimum absolute atomic E-state index is 0.731. The Bertz CT molecular complexity index is 122. The van der Waals surface area contributed by atoms with Crippen molar-refractivity contribution in [2.24, 2.45) is 17.8 Å². The van der Waals surface area contributed by atoms with Crippen LogP contribution in [-0.4, -0.2) is 0 Å². The van der Waals surface area contributed by atoms with Crippen molar-refractivity contribution >= 4 is 0 Å². The molecule has 0 radical (unpaired) electrons. The van der Waals surface area contributed by atoms with E-state index in [0.717, 1.165) is 17.8 Å². The van der Waals surface area contributed by atoms with Gasteiger partial charge in [0.1, 0.15) is 0 Å². The van der Waals surface area contributed by atoms with E-state index < -0.39 is 0 Å². The second-order valence-corrected chi connectivity index (χ2v) is 3.88. The maximum absolute atomic E-state index is 2.35. The fraction of sp³-hybridized carbons (Fsp3) is 0.800. The monoisotopic (exact) mass is 138 g/mol. The summed E-state index contributed by atoms with van der Waals surface area (Å²) in [5.41, 5.74) is 0. The molecule has 0 heterocycles. The smallest absolute Gasteiger partial charge is 0.0290 e. The van der Waals surface area contributed by atoms with Crippen LogP contribution in [0.2, 0.25) is 0 Å². The van der Waals surface area contributed by atoms with Gasteiger partial charge in [-0.15, -0.1) is 0 Å². The summed E-state index contributed by atoms with van der Waals surface area (Å²) in [5, 5.41) is 0. The van der Waals surface area contributed by atoms with E-state index >= 15 is 0 Å². The highest BCUT2D eigenvalue weighted by molar-refractivity contribution is 4.93. The lowest BCUT2D eigenvalue weighted by atomic mass is 10.1. The molecule has 0 aromatic carbocycles. The Kier molecular flexibility index (Phi) is 2.53. The van der Waals surface area contributed by atoms with Gasteiger partial charge in [0.15, 0.2) is 0 Å². The standard InChI is InChI=1S/C10H18/c1-8(2)5-4-6-10-7-9(10)3/h4-5,8-10H,6-7H2,1-3H3. The molecule has 1 saturated carbocycles. The third kappa shape index (κ3) is 2.55. The first-order chi connectivity index (χ1) is 4.70. The summed E-state index contributed by atoms with van der Waals surface area (Å²) >= 11 is 0. The van der Waals surface area contributed by atoms with Gasteiger partial charge >= 0.3 is 0 Å². The lowest BCUT2D eigenvalue weighted by molar-refractivity contribution is 0.752. The van der Waals surface area contributed by atoms with Crippen LogP contribution in [-0.2, 0) is 0 Å². The first kappa shape index (κ1) is 7.84. The van der Waals surface area contributed by atoms with Gasteiger partial charge in [-0.25, -0.2) is 0 Å². The Hall–Kier alpha value is -0.260. The highest BCUT2D eigenvalue weighted by Crippen LogP contribution is 2.40. The molecule has 2 atom stereocenters. The third-order valence-electron chi connectivity index (χ3n) is 2.24. The van der Waals surface area contributed by atoms with Crippen LogP contribution in [0.5, 0.6) is 0 Å². The van der Waals surface area contributed by atoms with Crippen LogP contribution >= 0.6 is 0 Å². The maximum Gasteiger partial charge on any atom is -0.0290 e. The zero-order valence-electron chi connectivity index (χ0n) is 7.30. The number of hydrogen-bond donors (Lipinski definition) is 0. The maximum atomic E-state index is 2.35. The Labute approximate surface area is 64.3 Å². The van der Waals surface area contributed by atoms with Crippen LogP contribution in [0.3, 0.4) is 0 Å². The lowest BCUT2D eigenvalue weighted by Crippen LogP contribution is -1.79. The van der Waals surface area contributed by atoms with Crippen molar-refractivity contribution < 1.29 is 0 Å². The molecule has 1 rings (SSSR count). The van der Waals surface area contributed by atoms with Gasteiger partial charge < -0.3 is 0 Å². The van der Waals surface area contributed by atoms with Crippen molar-refractivity contribution in [3.8, 4) is 0 Å². The van der Waals surface area contributed by atoms with Crippen molar-refractivity contribution in [1.82, 2.24) is 0 Å². The topological polar surface area (TPSA) is 0 Å². The molecule has 58 valence electrons. The van der Waals surface area contributed by atoms with Crippen LogP contribution in [0.1, 0.15) is 33.6 Å². The molecule has 0 saturated heterocycles. The molecule has 2 unspecified atom stereocenters. The van der Waals surface area contributed by atoms with Gasteiger partial charge in [-0.2, -0.15) is 0 Å². The van der Waals surface area contributed by atoms with Crippen LogP contribution < -0.4 is 0 Å². The Morgan fingerprint density at radius 1 is 1.50 bits per heavy atom. The quantitative estimate of drug-likeness (QED) is 0.525. The number of rotatable bonds is 3. The first-order valence-corrected chi connectivity index (χ1v) is 4.37. The zero-order chi connectivity index (χ0) is 7.56. The van der Waals surface area contributed by atoms with E-state index in [2.05, 4.69) is 32.9 Å². The van der Waals surface area contributed by atoms with Crippen molar-refractivity contribution in [3.63, 3.8) is 0 Å². The second kappa shape index (κ2) is 3.23. The summed E-state index contributed by atoms with van der Waals surface area (Å²) in [5.74, 6) is 2.76. The van der Waals surface area contributed by atoms with E-state index in [1.54, 1.807) is 0 Å². The highest BCUT2D eigenvalue weighted by atomic mass is 14.4. The molecule has 0 N–H and O–H groups in total. The molecular weight excluding hydrogens is 120 g/mol. The lowest BCUT2D eigenvalue weighted by Gasteiger charge is -1.92. The van der Waals surface area contributed by atoms with Gasteiger partial charge in [-0.05, 0) is 30.6 Å². The van der Waals surface area contributed by atoms with Crippen molar-refractivity contribution in [1.29, 1.82) is 0 Å². The third-order valence-corrected chi connectivity index (χ3v) is 2.24. The van der Waals surface area contributed by atoms with Crippen LogP contribution in [0.15, 0.2) is 12.2 Å². The van der Waals surface area contributed by atoms with Crippen LogP contribution in [0.25, 0.3) is 0 Å². The summed E-state index contributed by atoms with van der Waals surface area (Å²) in [4.78, 5) is 0. The predicted octanol–water partition coefficient (Wildman–Crippen LogP) is 3.24. The highest BCUT2D eigenvalue weighted by Gasteiger charge is 2.30. The van der Waals surface area contributed by atoms with E-state index in [1.807, 2.05) is 0 Å². The minimum atomic E-state index is 0.731. The molecule has 1 aliphatic rings. The molecule has 0 nitrogen and oxygen atoms in total. The molecule has 1 fully saturated rings. The Morgan fingerprint density at radius 3 is 2.50 bits per heavy atom. The second-order valence-electron chi connectivity index (χ2n) is 3.88. The van der Waals surface area contributed by atoms with Gasteiger partial charge in [0.2, 0.25) is 0 Å². The van der Waals surface area contributed by atoms with Crippen LogP contribution in [0, 0.1) is 17.8 Å². The first-order valence-electron chi connectivity index (χ1n) is 4.37.